The molecule has 58 heavy (non-hydrogen) atoms. The van der Waals surface area contributed by atoms with E-state index >= 15 is 0 Å². The molecule has 1 aliphatic rings. The molecule has 18 nitrogen and oxygen atoms in total. The predicted octanol–water partition coefficient (Wildman–Crippen LogP) is 5.81. The van der Waals surface area contributed by atoms with Crippen molar-refractivity contribution >= 4 is 57.4 Å². The number of hydrogen-bond acceptors (Lipinski definition) is 10. The van der Waals surface area contributed by atoms with E-state index in [0.717, 1.165) is 5.69 Å². The van der Waals surface area contributed by atoms with E-state index in [4.69, 9.17) is 36.5 Å². The van der Waals surface area contributed by atoms with Crippen molar-refractivity contribution in [2.75, 3.05) is 37.6 Å². The Balaban J connectivity index is 1.18. The summed E-state index contributed by atoms with van der Waals surface area (Å²) in [6, 6.07) is 9.83. The van der Waals surface area contributed by atoms with Crippen LogP contribution in [0.25, 0.3) is 26.9 Å². The molecule has 0 aliphatic carbocycles. The maximum atomic E-state index is 13.7. The number of nitrogens with zero attached hydrogens (tertiary/aromatic N) is 9. The number of methoxy groups -OCH3 is 1. The molecular formula is C40H46N12O6. The van der Waals surface area contributed by atoms with Gasteiger partial charge in [-0.3, -0.25) is 34.4 Å². The number of nitrogens with two attached hydrogens (primary N) is 1. The van der Waals surface area contributed by atoms with Crippen LogP contribution in [-0.2, 0) is 24.4 Å². The lowest BCUT2D eigenvalue weighted by atomic mass is 10.1. The summed E-state index contributed by atoms with van der Waals surface area (Å²) in [5, 5.41) is 14.8. The lowest BCUT2D eigenvalue weighted by Crippen LogP contribution is -2.26. The number of primary amides is 1. The second-order valence-electron chi connectivity index (χ2n) is 14.1. The topological polar surface area (TPSA) is 205 Å². The highest BCUT2D eigenvalue weighted by Crippen LogP contribution is 2.41. The Hall–Kier alpha value is -6.74. The minimum atomic E-state index is -0.636. The Bertz CT molecular complexity index is 2570. The monoisotopic (exact) mass is 790 g/mol. The van der Waals surface area contributed by atoms with Crippen LogP contribution in [0.4, 0.5) is 17.6 Å². The highest BCUT2D eigenvalue weighted by atomic mass is 16.5. The van der Waals surface area contributed by atoms with Crippen molar-refractivity contribution in [3.63, 3.8) is 0 Å². The van der Waals surface area contributed by atoms with Crippen molar-refractivity contribution in [2.45, 2.75) is 79.1 Å². The maximum Gasteiger partial charge on any atom is 0.276 e. The van der Waals surface area contributed by atoms with Crippen molar-refractivity contribution in [3.8, 4) is 11.5 Å². The molecular weight excluding hydrogens is 745 g/mol. The Morgan fingerprint density at radius 1 is 0.879 bits per heavy atom. The first-order valence-electron chi connectivity index (χ1n) is 19.3. The van der Waals surface area contributed by atoms with Crippen molar-refractivity contribution < 1.29 is 28.6 Å². The zero-order chi connectivity index (χ0) is 41.1. The normalized spacial score (nSPS) is 13.4. The van der Waals surface area contributed by atoms with Crippen LogP contribution in [0, 0.1) is 20.4 Å². The third-order valence-electron chi connectivity index (χ3n) is 9.99. The highest BCUT2D eigenvalue weighted by Gasteiger charge is 2.29. The lowest BCUT2D eigenvalue weighted by Gasteiger charge is -2.27. The second-order valence-corrected chi connectivity index (χ2v) is 14.1. The van der Waals surface area contributed by atoms with Crippen molar-refractivity contribution in [2.24, 2.45) is 5.73 Å². The van der Waals surface area contributed by atoms with Crippen LogP contribution >= 0.6 is 0 Å². The third kappa shape index (κ3) is 7.80. The number of aryl methyl sites for hydroxylation is 5. The number of amides is 3. The molecule has 2 aromatic carbocycles. The largest absolute Gasteiger partial charge is 0.491 e. The summed E-state index contributed by atoms with van der Waals surface area (Å²) < 4.78 is 24.8. The molecule has 3 amide bonds. The summed E-state index contributed by atoms with van der Waals surface area (Å²) >= 11 is 0. The molecule has 5 heterocycles. The number of carbonyl (C=O) groups is 3. The summed E-state index contributed by atoms with van der Waals surface area (Å²) in [6.07, 6.45) is 2.57. The van der Waals surface area contributed by atoms with Gasteiger partial charge in [-0.25, -0.2) is 14.8 Å². The fraction of sp³-hybridized carbons (Fsp3) is 0.400. The predicted molar refractivity (Wildman–Crippen MR) is 216 cm³/mol. The van der Waals surface area contributed by atoms with Crippen molar-refractivity contribution in [1.82, 2.24) is 38.7 Å². The third-order valence-corrected chi connectivity index (χ3v) is 9.99. The molecule has 18 heteroatoms. The fourth-order valence-electron chi connectivity index (χ4n) is 7.37. The van der Waals surface area contributed by atoms with Crippen molar-refractivity contribution in [3.05, 3.63) is 76.2 Å². The zero-order valence-electron chi connectivity index (χ0n) is 33.2. The van der Waals surface area contributed by atoms with Crippen LogP contribution in [0.2, 0.25) is 0 Å². The van der Waals surface area contributed by atoms with Gasteiger partial charge in [-0.1, -0.05) is 0 Å². The minimum absolute atomic E-state index is 0.210. The van der Waals surface area contributed by atoms with Crippen LogP contribution in [-0.4, -0.2) is 83.3 Å². The molecule has 0 spiro atoms. The van der Waals surface area contributed by atoms with Gasteiger partial charge in [0.25, 0.3) is 11.8 Å². The molecule has 6 aromatic rings. The Kier molecular flexibility index (Phi) is 11.4. The highest BCUT2D eigenvalue weighted by molar-refractivity contribution is 6.05. The number of ether oxygens (including phenoxy) is 3. The molecule has 1 aliphatic heterocycles. The number of imidazole rings is 2. The maximum absolute atomic E-state index is 13.7. The van der Waals surface area contributed by atoms with Gasteiger partial charge in [0, 0.05) is 45.3 Å². The number of fused-ring (bicyclic) bond motifs is 1. The van der Waals surface area contributed by atoms with Crippen LogP contribution in [0.1, 0.15) is 88.3 Å². The van der Waals surface area contributed by atoms with Gasteiger partial charge in [-0.2, -0.15) is 10.2 Å². The summed E-state index contributed by atoms with van der Waals surface area (Å²) in [5.74, 6) is 0.200. The Labute approximate surface area is 334 Å². The summed E-state index contributed by atoms with van der Waals surface area (Å²) in [7, 11) is 1.61. The summed E-state index contributed by atoms with van der Waals surface area (Å²) in [6.45, 7) is 17.6. The number of hydrogen-bond donors (Lipinski definition) is 3. The fourth-order valence-corrected chi connectivity index (χ4v) is 7.37. The average Bonchev–Trinajstić information content (AvgIpc) is 3.98. The van der Waals surface area contributed by atoms with Crippen LogP contribution in [0.15, 0.2) is 36.4 Å². The SMILES string of the molecule is [C-]#[N+]c1cc2c3c(c1)nc(NC(=O)c1cc(C)nn1CC)n3[C@@H](CCCCn1c(NC(=O)c3cc(C)nn3CC)nc3cc(C(N)=O)cc(OCCCOC)c31)CO2. The van der Waals surface area contributed by atoms with Gasteiger partial charge in [0.2, 0.25) is 17.8 Å². The smallest absolute Gasteiger partial charge is 0.276 e. The van der Waals surface area contributed by atoms with E-state index in [1.54, 1.807) is 52.9 Å². The molecule has 4 N–H and O–H groups in total. The van der Waals surface area contributed by atoms with Gasteiger partial charge in [-0.15, -0.1) is 0 Å². The Morgan fingerprint density at radius 3 is 2.17 bits per heavy atom. The van der Waals surface area contributed by atoms with Crippen LogP contribution in [0.5, 0.6) is 11.5 Å². The van der Waals surface area contributed by atoms with Gasteiger partial charge in [-0.05, 0) is 83.4 Å². The van der Waals surface area contributed by atoms with Gasteiger partial charge >= 0.3 is 0 Å². The van der Waals surface area contributed by atoms with E-state index in [0.29, 0.717) is 127 Å². The van der Waals surface area contributed by atoms with Crippen LogP contribution < -0.4 is 25.8 Å². The molecule has 0 fully saturated rings. The van der Waals surface area contributed by atoms with E-state index in [1.165, 1.54) is 0 Å². The van der Waals surface area contributed by atoms with E-state index in [-0.39, 0.29) is 29.4 Å². The first-order chi connectivity index (χ1) is 28.0. The molecule has 4 aromatic heterocycles. The van der Waals surface area contributed by atoms with Gasteiger partial charge in [0.05, 0.1) is 41.6 Å². The number of aromatic nitrogens is 8. The minimum Gasteiger partial charge on any atom is -0.491 e. The molecule has 1 atom stereocenters. The first-order valence-corrected chi connectivity index (χ1v) is 19.3. The molecule has 0 radical (unpaired) electrons. The number of rotatable bonds is 17. The lowest BCUT2D eigenvalue weighted by molar-refractivity contribution is 0.0994. The number of benzene rings is 2. The van der Waals surface area contributed by atoms with Crippen LogP contribution in [0.3, 0.4) is 0 Å². The van der Waals surface area contributed by atoms with Gasteiger partial charge in [0.15, 0.2) is 5.69 Å². The van der Waals surface area contributed by atoms with E-state index in [9.17, 15) is 14.4 Å². The van der Waals surface area contributed by atoms with E-state index in [1.807, 2.05) is 36.8 Å². The van der Waals surface area contributed by atoms with Gasteiger partial charge in [0.1, 0.15) is 40.5 Å². The zero-order valence-corrected chi connectivity index (χ0v) is 33.2. The molecule has 302 valence electrons. The van der Waals surface area contributed by atoms with Gasteiger partial charge < -0.3 is 29.1 Å². The summed E-state index contributed by atoms with van der Waals surface area (Å²) in [4.78, 5) is 52.9. The van der Waals surface area contributed by atoms with E-state index < -0.39 is 5.91 Å². The molecule has 0 bridgehead atoms. The average molecular weight is 791 g/mol. The number of nitrogens with one attached hydrogen (secondary N) is 2. The Morgan fingerprint density at radius 2 is 1.53 bits per heavy atom. The quantitative estimate of drug-likeness (QED) is 0.0747. The molecule has 7 rings (SSSR count). The number of anilines is 2. The second kappa shape index (κ2) is 16.8. The summed E-state index contributed by atoms with van der Waals surface area (Å²) in [5.41, 5.74) is 10.8. The van der Waals surface area contributed by atoms with E-state index in [2.05, 4.69) is 25.7 Å². The number of carbonyl (C=O) groups excluding carboxylic acids is 3. The molecule has 0 saturated carbocycles. The standard InChI is InChI=1S/C40H46N12O6/c1-7-50-30(16-23(3)47-50)37(54)45-39-43-28-18-25(36(41)53)19-32(57-15-11-14-56-6)34(28)49(39)13-10-9-12-27-22-58-33-21-26(42-5)20-29-35(33)52(27)40(44-29)46-38(55)31-17-24(4)48-51(31)8-2/h16-21,27H,7-15,22H2,1-4,6H3,(H2,41,53)(H,43,45,54)(H,44,46,55)/t27-/m0/s1. The first kappa shape index (κ1) is 39.5. The number of unbranched alkanes of at least 4 members (excludes halogenated alkanes) is 1. The van der Waals surface area contributed by atoms with Crippen molar-refractivity contribution in [1.29, 1.82) is 0 Å². The molecule has 0 unspecified atom stereocenters. The molecule has 0 saturated heterocycles.